The number of benzene rings is 2. The number of rotatable bonds is 4. The fourth-order valence-electron chi connectivity index (χ4n) is 3.86. The zero-order valence-corrected chi connectivity index (χ0v) is 16.1. The molecule has 0 atom stereocenters. The van der Waals surface area contributed by atoms with E-state index in [1.807, 2.05) is 47.4 Å². The Kier molecular flexibility index (Phi) is 5.19. The number of nitrogens with zero attached hydrogens (tertiary/aromatic N) is 3. The molecule has 0 aromatic heterocycles. The SMILES string of the molecule is COc1cccc(N2CCN(C(=O)c3ccc(N4CCCC4=O)cc3)CC2)c1. The van der Waals surface area contributed by atoms with Gasteiger partial charge in [0.05, 0.1) is 7.11 Å². The highest BCUT2D eigenvalue weighted by atomic mass is 16.5. The van der Waals surface area contributed by atoms with Gasteiger partial charge in [-0.25, -0.2) is 0 Å². The summed E-state index contributed by atoms with van der Waals surface area (Å²) in [5, 5.41) is 0. The van der Waals surface area contributed by atoms with Crippen molar-refractivity contribution in [3.63, 3.8) is 0 Å². The van der Waals surface area contributed by atoms with Gasteiger partial charge in [0.25, 0.3) is 5.91 Å². The van der Waals surface area contributed by atoms with Crippen molar-refractivity contribution in [3.05, 3.63) is 54.1 Å². The number of amides is 2. The van der Waals surface area contributed by atoms with Crippen LogP contribution in [0.25, 0.3) is 0 Å². The van der Waals surface area contributed by atoms with Crippen LogP contribution in [0.15, 0.2) is 48.5 Å². The first-order valence-electron chi connectivity index (χ1n) is 9.74. The van der Waals surface area contributed by atoms with Crippen LogP contribution >= 0.6 is 0 Å². The van der Waals surface area contributed by atoms with E-state index in [0.717, 1.165) is 43.2 Å². The van der Waals surface area contributed by atoms with Crippen molar-refractivity contribution in [1.29, 1.82) is 0 Å². The summed E-state index contributed by atoms with van der Waals surface area (Å²) < 4.78 is 5.30. The van der Waals surface area contributed by atoms with Crippen molar-refractivity contribution < 1.29 is 14.3 Å². The van der Waals surface area contributed by atoms with Crippen molar-refractivity contribution >= 4 is 23.2 Å². The lowest BCUT2D eigenvalue weighted by Gasteiger charge is -2.36. The molecule has 4 rings (SSSR count). The van der Waals surface area contributed by atoms with Crippen LogP contribution in [0.3, 0.4) is 0 Å². The van der Waals surface area contributed by atoms with Crippen LogP contribution in [0, 0.1) is 0 Å². The molecule has 146 valence electrons. The highest BCUT2D eigenvalue weighted by Crippen LogP contribution is 2.24. The van der Waals surface area contributed by atoms with Crippen molar-refractivity contribution in [2.45, 2.75) is 12.8 Å². The zero-order valence-electron chi connectivity index (χ0n) is 16.1. The van der Waals surface area contributed by atoms with Gasteiger partial charge >= 0.3 is 0 Å². The quantitative estimate of drug-likeness (QED) is 0.820. The smallest absolute Gasteiger partial charge is 0.253 e. The monoisotopic (exact) mass is 379 g/mol. The first kappa shape index (κ1) is 18.3. The number of hydrogen-bond donors (Lipinski definition) is 0. The Morgan fingerprint density at radius 3 is 2.32 bits per heavy atom. The van der Waals surface area contributed by atoms with E-state index in [0.29, 0.717) is 25.1 Å². The molecule has 6 nitrogen and oxygen atoms in total. The second kappa shape index (κ2) is 7.92. The largest absolute Gasteiger partial charge is 0.497 e. The van der Waals surface area contributed by atoms with E-state index in [9.17, 15) is 9.59 Å². The summed E-state index contributed by atoms with van der Waals surface area (Å²) >= 11 is 0. The van der Waals surface area contributed by atoms with Gasteiger partial charge in [0, 0.05) is 62.1 Å². The number of piperazine rings is 1. The Labute approximate surface area is 165 Å². The Balaban J connectivity index is 1.37. The lowest BCUT2D eigenvalue weighted by Crippen LogP contribution is -2.48. The molecule has 2 aromatic rings. The molecule has 0 bridgehead atoms. The standard InChI is InChI=1S/C22H25N3O3/c1-28-20-5-2-4-19(16-20)23-12-14-24(15-13-23)22(27)17-7-9-18(10-8-17)25-11-3-6-21(25)26/h2,4-5,7-10,16H,3,6,11-15H2,1H3. The predicted octanol–water partition coefficient (Wildman–Crippen LogP) is 2.78. The summed E-state index contributed by atoms with van der Waals surface area (Å²) in [5.41, 5.74) is 2.67. The topological polar surface area (TPSA) is 53.1 Å². The summed E-state index contributed by atoms with van der Waals surface area (Å²) in [6, 6.07) is 15.4. The molecule has 0 N–H and O–H groups in total. The minimum atomic E-state index is 0.0459. The van der Waals surface area contributed by atoms with Gasteiger partial charge in [-0.3, -0.25) is 9.59 Å². The van der Waals surface area contributed by atoms with Crippen LogP contribution in [0.1, 0.15) is 23.2 Å². The van der Waals surface area contributed by atoms with Crippen LogP contribution in [-0.2, 0) is 4.79 Å². The lowest BCUT2D eigenvalue weighted by molar-refractivity contribution is -0.117. The van der Waals surface area contributed by atoms with E-state index in [2.05, 4.69) is 11.0 Å². The molecule has 0 radical (unpaired) electrons. The summed E-state index contributed by atoms with van der Waals surface area (Å²) in [4.78, 5) is 30.7. The van der Waals surface area contributed by atoms with Gasteiger partial charge in [0.2, 0.25) is 5.91 Å². The molecular weight excluding hydrogens is 354 g/mol. The van der Waals surface area contributed by atoms with E-state index in [4.69, 9.17) is 4.74 Å². The van der Waals surface area contributed by atoms with Crippen LogP contribution in [0.5, 0.6) is 5.75 Å². The number of methoxy groups -OCH3 is 1. The molecule has 2 aliphatic rings. The van der Waals surface area contributed by atoms with Crippen molar-refractivity contribution in [3.8, 4) is 5.75 Å². The maximum absolute atomic E-state index is 12.8. The first-order valence-corrected chi connectivity index (χ1v) is 9.74. The van der Waals surface area contributed by atoms with Crippen LogP contribution in [0.4, 0.5) is 11.4 Å². The average Bonchev–Trinajstić information content (AvgIpc) is 3.19. The molecule has 2 saturated heterocycles. The molecule has 0 unspecified atom stereocenters. The number of hydrogen-bond acceptors (Lipinski definition) is 4. The summed E-state index contributed by atoms with van der Waals surface area (Å²) in [6.07, 6.45) is 1.51. The summed E-state index contributed by atoms with van der Waals surface area (Å²) in [7, 11) is 1.67. The maximum atomic E-state index is 12.8. The van der Waals surface area contributed by atoms with Gasteiger partial charge in [0.15, 0.2) is 0 Å². The molecule has 2 aliphatic heterocycles. The minimum absolute atomic E-state index is 0.0459. The molecule has 0 saturated carbocycles. The van der Waals surface area contributed by atoms with Crippen molar-refractivity contribution in [2.24, 2.45) is 0 Å². The molecule has 0 aliphatic carbocycles. The minimum Gasteiger partial charge on any atom is -0.497 e. The zero-order chi connectivity index (χ0) is 19.5. The Hall–Kier alpha value is -3.02. The second-order valence-electron chi connectivity index (χ2n) is 7.18. The third-order valence-electron chi connectivity index (χ3n) is 5.48. The normalized spacial score (nSPS) is 17.2. The molecule has 2 fully saturated rings. The molecular formula is C22H25N3O3. The average molecular weight is 379 g/mol. The van der Waals surface area contributed by atoms with Gasteiger partial charge in [-0.1, -0.05) is 6.07 Å². The Bertz CT molecular complexity index is 858. The van der Waals surface area contributed by atoms with Gasteiger partial charge < -0.3 is 19.4 Å². The highest BCUT2D eigenvalue weighted by Gasteiger charge is 2.24. The van der Waals surface area contributed by atoms with Crippen LogP contribution < -0.4 is 14.5 Å². The summed E-state index contributed by atoms with van der Waals surface area (Å²) in [5.74, 6) is 1.05. The Morgan fingerprint density at radius 2 is 1.68 bits per heavy atom. The van der Waals surface area contributed by atoms with E-state index < -0.39 is 0 Å². The molecule has 2 heterocycles. The third-order valence-corrected chi connectivity index (χ3v) is 5.48. The van der Waals surface area contributed by atoms with E-state index >= 15 is 0 Å². The highest BCUT2D eigenvalue weighted by molar-refractivity contribution is 5.97. The molecule has 2 amide bonds. The van der Waals surface area contributed by atoms with Gasteiger partial charge in [-0.15, -0.1) is 0 Å². The molecule has 6 heteroatoms. The third kappa shape index (κ3) is 3.67. The van der Waals surface area contributed by atoms with Crippen molar-refractivity contribution in [1.82, 2.24) is 4.90 Å². The van der Waals surface area contributed by atoms with E-state index in [-0.39, 0.29) is 11.8 Å². The predicted molar refractivity (Wildman–Crippen MR) is 109 cm³/mol. The van der Waals surface area contributed by atoms with E-state index in [1.54, 1.807) is 12.0 Å². The summed E-state index contributed by atoms with van der Waals surface area (Å²) in [6.45, 7) is 3.71. The van der Waals surface area contributed by atoms with Crippen molar-refractivity contribution in [2.75, 3.05) is 49.6 Å². The maximum Gasteiger partial charge on any atom is 0.253 e. The molecule has 2 aromatic carbocycles. The number of carbonyl (C=O) groups excluding carboxylic acids is 2. The van der Waals surface area contributed by atoms with E-state index in [1.165, 1.54) is 0 Å². The van der Waals surface area contributed by atoms with Gasteiger partial charge in [0.1, 0.15) is 5.75 Å². The Morgan fingerprint density at radius 1 is 0.929 bits per heavy atom. The van der Waals surface area contributed by atoms with Crippen LogP contribution in [0.2, 0.25) is 0 Å². The fraction of sp³-hybridized carbons (Fsp3) is 0.364. The number of carbonyl (C=O) groups is 2. The van der Waals surface area contributed by atoms with Gasteiger partial charge in [-0.05, 0) is 42.8 Å². The second-order valence-corrected chi connectivity index (χ2v) is 7.18. The number of anilines is 2. The molecule has 0 spiro atoms. The lowest BCUT2D eigenvalue weighted by atomic mass is 10.1. The first-order chi connectivity index (χ1) is 13.7. The molecule has 28 heavy (non-hydrogen) atoms. The number of ether oxygens (including phenoxy) is 1. The van der Waals surface area contributed by atoms with Crippen LogP contribution in [-0.4, -0.2) is 56.5 Å². The fourth-order valence-corrected chi connectivity index (χ4v) is 3.86. The van der Waals surface area contributed by atoms with Gasteiger partial charge in [-0.2, -0.15) is 0 Å².